The second-order valence-electron chi connectivity index (χ2n) is 1.78. The van der Waals surface area contributed by atoms with Crippen molar-refractivity contribution in [1.82, 2.24) is 4.98 Å². The average molecular weight is 267 g/mol. The number of aromatic nitrogens is 1. The fourth-order valence-corrected chi connectivity index (χ4v) is 0.963. The topological polar surface area (TPSA) is 50.2 Å². The zero-order valence-corrected chi connectivity index (χ0v) is 7.37. The van der Waals surface area contributed by atoms with Crippen LogP contribution in [0.15, 0.2) is 12.1 Å². The minimum absolute atomic E-state index is 0.398. The number of hydrogen-bond acceptors (Lipinski definition) is 2. The fraction of sp³-hybridized carbons (Fsp3) is 0. The number of carbonyl (C=O) groups is 1. The van der Waals surface area contributed by atoms with Crippen LogP contribution < -0.4 is 0 Å². The Labute approximate surface area is 75.4 Å². The first-order valence-corrected chi connectivity index (χ1v) is 3.74. The lowest BCUT2D eigenvalue weighted by molar-refractivity contribution is 0.0690. The molecule has 0 aliphatic rings. The molecule has 0 spiro atoms. The SMILES string of the molecule is O=C(O)c1ccc(I)nc1F. The van der Waals surface area contributed by atoms with Crippen molar-refractivity contribution < 1.29 is 14.3 Å². The summed E-state index contributed by atoms with van der Waals surface area (Å²) in [6, 6.07) is 2.62. The number of pyridine rings is 1. The van der Waals surface area contributed by atoms with Gasteiger partial charge in [0.2, 0.25) is 5.95 Å². The molecule has 0 saturated carbocycles. The van der Waals surface area contributed by atoms with Crippen molar-refractivity contribution in [1.29, 1.82) is 0 Å². The van der Waals surface area contributed by atoms with Crippen LogP contribution in [-0.2, 0) is 0 Å². The molecule has 5 heteroatoms. The van der Waals surface area contributed by atoms with Crippen LogP contribution in [0.4, 0.5) is 4.39 Å². The molecule has 0 aliphatic heterocycles. The predicted octanol–water partition coefficient (Wildman–Crippen LogP) is 1.52. The van der Waals surface area contributed by atoms with E-state index in [-0.39, 0.29) is 0 Å². The third-order valence-corrected chi connectivity index (χ3v) is 1.65. The third kappa shape index (κ3) is 1.86. The molecule has 1 heterocycles. The summed E-state index contributed by atoms with van der Waals surface area (Å²) in [6.45, 7) is 0. The fourth-order valence-electron chi connectivity index (χ4n) is 0.572. The molecule has 0 aromatic carbocycles. The number of hydrogen-bond donors (Lipinski definition) is 1. The average Bonchev–Trinajstić information content (AvgIpc) is 1.85. The first-order chi connectivity index (χ1) is 5.11. The van der Waals surface area contributed by atoms with Crippen molar-refractivity contribution >= 4 is 28.6 Å². The Balaban J connectivity index is 3.20. The Morgan fingerprint density at radius 1 is 1.64 bits per heavy atom. The molecular weight excluding hydrogens is 264 g/mol. The summed E-state index contributed by atoms with van der Waals surface area (Å²) in [5.41, 5.74) is -0.398. The van der Waals surface area contributed by atoms with Crippen LogP contribution in [0, 0.1) is 9.65 Å². The largest absolute Gasteiger partial charge is 0.478 e. The number of rotatable bonds is 1. The molecule has 0 atom stereocenters. The lowest BCUT2D eigenvalue weighted by atomic mass is 10.3. The zero-order chi connectivity index (χ0) is 8.43. The Morgan fingerprint density at radius 3 is 2.73 bits per heavy atom. The van der Waals surface area contributed by atoms with Gasteiger partial charge in [0.15, 0.2) is 0 Å². The molecule has 58 valence electrons. The molecule has 0 unspecified atom stereocenters. The molecule has 0 bridgehead atoms. The van der Waals surface area contributed by atoms with E-state index in [2.05, 4.69) is 4.98 Å². The maximum absolute atomic E-state index is 12.6. The third-order valence-electron chi connectivity index (χ3n) is 1.05. The van der Waals surface area contributed by atoms with Crippen molar-refractivity contribution in [2.45, 2.75) is 0 Å². The van der Waals surface area contributed by atoms with Crippen LogP contribution in [0.5, 0.6) is 0 Å². The minimum Gasteiger partial charge on any atom is -0.478 e. The molecule has 0 amide bonds. The van der Waals surface area contributed by atoms with Crippen LogP contribution in [-0.4, -0.2) is 16.1 Å². The lowest BCUT2D eigenvalue weighted by Gasteiger charge is -1.94. The Morgan fingerprint density at radius 2 is 2.27 bits per heavy atom. The van der Waals surface area contributed by atoms with Crippen molar-refractivity contribution in [3.63, 3.8) is 0 Å². The lowest BCUT2D eigenvalue weighted by Crippen LogP contribution is -2.02. The number of nitrogens with zero attached hydrogens (tertiary/aromatic N) is 1. The standard InChI is InChI=1S/C6H3FINO2/c7-5-3(6(10)11)1-2-4(8)9-5/h1-2H,(H,10,11). The van der Waals surface area contributed by atoms with Crippen molar-refractivity contribution in [2.24, 2.45) is 0 Å². The van der Waals surface area contributed by atoms with E-state index in [1.165, 1.54) is 12.1 Å². The van der Waals surface area contributed by atoms with Crippen molar-refractivity contribution in [3.8, 4) is 0 Å². The van der Waals surface area contributed by atoms with E-state index >= 15 is 0 Å². The van der Waals surface area contributed by atoms with Crippen molar-refractivity contribution in [2.75, 3.05) is 0 Å². The molecule has 3 nitrogen and oxygen atoms in total. The van der Waals surface area contributed by atoms with Crippen molar-refractivity contribution in [3.05, 3.63) is 27.3 Å². The van der Waals surface area contributed by atoms with Crippen LogP contribution in [0.2, 0.25) is 0 Å². The summed E-state index contributed by atoms with van der Waals surface area (Å²) in [5, 5.41) is 8.37. The Kier molecular flexibility index (Phi) is 2.38. The minimum atomic E-state index is -1.30. The van der Waals surface area contributed by atoms with Gasteiger partial charge in [-0.15, -0.1) is 0 Å². The van der Waals surface area contributed by atoms with E-state index < -0.39 is 17.5 Å². The highest BCUT2D eigenvalue weighted by Gasteiger charge is 2.10. The molecule has 1 aromatic rings. The predicted molar refractivity (Wildman–Crippen MR) is 43.9 cm³/mol. The van der Waals surface area contributed by atoms with E-state index in [4.69, 9.17) is 5.11 Å². The first kappa shape index (κ1) is 8.38. The molecule has 1 aromatic heterocycles. The van der Waals surface area contributed by atoms with E-state index in [0.717, 1.165) is 0 Å². The van der Waals surface area contributed by atoms with Gasteiger partial charge in [0.25, 0.3) is 0 Å². The van der Waals surface area contributed by atoms with Gasteiger partial charge in [0.05, 0.1) is 0 Å². The summed E-state index contributed by atoms with van der Waals surface area (Å²) >= 11 is 1.80. The molecule has 0 radical (unpaired) electrons. The Hall–Kier alpha value is -0.720. The van der Waals surface area contributed by atoms with Gasteiger partial charge < -0.3 is 5.11 Å². The smallest absolute Gasteiger partial charge is 0.340 e. The van der Waals surface area contributed by atoms with Gasteiger partial charge in [-0.2, -0.15) is 4.39 Å². The maximum atomic E-state index is 12.6. The molecule has 11 heavy (non-hydrogen) atoms. The van der Waals surface area contributed by atoms with Crippen LogP contribution in [0.25, 0.3) is 0 Å². The second-order valence-corrected chi connectivity index (χ2v) is 2.88. The molecule has 1 N–H and O–H groups in total. The molecule has 0 fully saturated rings. The van der Waals surface area contributed by atoms with Gasteiger partial charge >= 0.3 is 5.97 Å². The normalized spacial score (nSPS) is 9.64. The van der Waals surface area contributed by atoms with Crippen LogP contribution in [0.1, 0.15) is 10.4 Å². The molecule has 0 aliphatic carbocycles. The molecular formula is C6H3FINO2. The van der Waals surface area contributed by atoms with Gasteiger partial charge in [-0.05, 0) is 34.7 Å². The summed E-state index contributed by atoms with van der Waals surface area (Å²) in [6.07, 6.45) is 0. The molecule has 0 saturated heterocycles. The number of carboxylic acid groups (broad SMARTS) is 1. The van der Waals surface area contributed by atoms with E-state index in [9.17, 15) is 9.18 Å². The summed E-state index contributed by atoms with van der Waals surface area (Å²) in [7, 11) is 0. The van der Waals surface area contributed by atoms with E-state index in [1.807, 2.05) is 0 Å². The first-order valence-electron chi connectivity index (χ1n) is 2.66. The van der Waals surface area contributed by atoms with E-state index in [1.54, 1.807) is 22.6 Å². The van der Waals surface area contributed by atoms with Gasteiger partial charge in [-0.25, -0.2) is 9.78 Å². The highest BCUT2D eigenvalue weighted by molar-refractivity contribution is 14.1. The number of aromatic carboxylic acids is 1. The van der Waals surface area contributed by atoms with Gasteiger partial charge in [0.1, 0.15) is 9.26 Å². The van der Waals surface area contributed by atoms with Crippen LogP contribution >= 0.6 is 22.6 Å². The number of halogens is 2. The Bertz CT molecular complexity index is 303. The van der Waals surface area contributed by atoms with Crippen LogP contribution in [0.3, 0.4) is 0 Å². The summed E-state index contributed by atoms with van der Waals surface area (Å²) in [5.74, 6) is -2.24. The quantitative estimate of drug-likeness (QED) is 0.620. The number of carboxylic acids is 1. The summed E-state index contributed by atoms with van der Waals surface area (Å²) < 4.78 is 13.0. The zero-order valence-electron chi connectivity index (χ0n) is 5.21. The van der Waals surface area contributed by atoms with Gasteiger partial charge in [-0.3, -0.25) is 0 Å². The maximum Gasteiger partial charge on any atom is 0.340 e. The van der Waals surface area contributed by atoms with Gasteiger partial charge in [-0.1, -0.05) is 0 Å². The van der Waals surface area contributed by atoms with E-state index in [0.29, 0.717) is 3.70 Å². The van der Waals surface area contributed by atoms with Gasteiger partial charge in [0, 0.05) is 0 Å². The summed E-state index contributed by atoms with van der Waals surface area (Å²) in [4.78, 5) is 13.6. The monoisotopic (exact) mass is 267 g/mol. The highest BCUT2D eigenvalue weighted by Crippen LogP contribution is 2.07. The second kappa shape index (κ2) is 3.12. The molecule has 1 rings (SSSR count). The highest BCUT2D eigenvalue weighted by atomic mass is 127.